The van der Waals surface area contributed by atoms with Gasteiger partial charge in [0.25, 0.3) is 5.91 Å². The van der Waals surface area contributed by atoms with E-state index in [0.29, 0.717) is 11.3 Å². The van der Waals surface area contributed by atoms with Gasteiger partial charge < -0.3 is 10.3 Å². The highest BCUT2D eigenvalue weighted by Gasteiger charge is 2.29. The minimum Gasteiger partial charge on any atom is -0.361 e. The van der Waals surface area contributed by atoms with Gasteiger partial charge in [-0.15, -0.1) is 0 Å². The van der Waals surface area contributed by atoms with Crippen LogP contribution in [0.4, 0.5) is 18.9 Å². The van der Waals surface area contributed by atoms with Gasteiger partial charge in [-0.25, -0.2) is 0 Å². The maximum absolute atomic E-state index is 12.5. The number of alkyl halides is 3. The third-order valence-electron chi connectivity index (χ3n) is 3.29. The molecule has 1 aromatic heterocycles. The molecule has 0 fully saturated rings. The molecule has 2 aromatic carbocycles. The van der Waals surface area contributed by atoms with E-state index in [-0.39, 0.29) is 5.91 Å². The fraction of sp³-hybridized carbons (Fsp3) is 0.0625. The summed E-state index contributed by atoms with van der Waals surface area (Å²) in [6.45, 7) is 0. The summed E-state index contributed by atoms with van der Waals surface area (Å²) in [7, 11) is 0. The van der Waals surface area contributed by atoms with Gasteiger partial charge in [0.2, 0.25) is 0 Å². The van der Waals surface area contributed by atoms with Crippen LogP contribution in [0.3, 0.4) is 0 Å². The molecule has 3 aromatic rings. The van der Waals surface area contributed by atoms with Crippen LogP contribution in [0.2, 0.25) is 0 Å². The number of fused-ring (bicyclic) bond motifs is 1. The van der Waals surface area contributed by atoms with E-state index in [1.807, 2.05) is 6.07 Å². The summed E-state index contributed by atoms with van der Waals surface area (Å²) >= 11 is 0. The molecule has 1 amide bonds. The standard InChI is InChI=1S/C16H11F3N2O/c17-16(18,19)12-2-4-13(5-3-12)21-15(22)11-1-6-14-10(9-11)7-8-20-14/h1-9,20H,(H,21,22). The average Bonchev–Trinajstić information content (AvgIpc) is 2.94. The van der Waals surface area contributed by atoms with Gasteiger partial charge in [0, 0.05) is 28.4 Å². The normalized spacial score (nSPS) is 11.6. The number of hydrogen-bond donors (Lipinski definition) is 2. The zero-order valence-electron chi connectivity index (χ0n) is 11.2. The van der Waals surface area contributed by atoms with Crippen LogP contribution in [-0.2, 0) is 6.18 Å². The molecule has 0 atom stereocenters. The van der Waals surface area contributed by atoms with E-state index < -0.39 is 11.7 Å². The van der Waals surface area contributed by atoms with Crippen molar-refractivity contribution in [2.75, 3.05) is 5.32 Å². The second kappa shape index (κ2) is 5.22. The zero-order valence-corrected chi connectivity index (χ0v) is 11.2. The Labute approximate surface area is 123 Å². The van der Waals surface area contributed by atoms with E-state index >= 15 is 0 Å². The molecular formula is C16H11F3N2O. The molecule has 1 heterocycles. The Morgan fingerprint density at radius 2 is 1.73 bits per heavy atom. The fourth-order valence-corrected chi connectivity index (χ4v) is 2.14. The lowest BCUT2D eigenvalue weighted by molar-refractivity contribution is -0.137. The van der Waals surface area contributed by atoms with Gasteiger partial charge in [0.15, 0.2) is 0 Å². The van der Waals surface area contributed by atoms with Gasteiger partial charge >= 0.3 is 6.18 Å². The number of halogens is 3. The quantitative estimate of drug-likeness (QED) is 0.722. The van der Waals surface area contributed by atoms with Gasteiger partial charge in [-0.3, -0.25) is 4.79 Å². The maximum atomic E-state index is 12.5. The third-order valence-corrected chi connectivity index (χ3v) is 3.29. The van der Waals surface area contributed by atoms with Gasteiger partial charge in [-0.2, -0.15) is 13.2 Å². The Hall–Kier alpha value is -2.76. The molecule has 0 aliphatic rings. The van der Waals surface area contributed by atoms with Crippen molar-refractivity contribution in [3.05, 3.63) is 65.9 Å². The predicted molar refractivity (Wildman–Crippen MR) is 77.7 cm³/mol. The second-order valence-corrected chi connectivity index (χ2v) is 4.81. The summed E-state index contributed by atoms with van der Waals surface area (Å²) in [5, 5.41) is 3.47. The van der Waals surface area contributed by atoms with Crippen molar-refractivity contribution in [3.8, 4) is 0 Å². The number of carbonyl (C=O) groups is 1. The van der Waals surface area contributed by atoms with Crippen molar-refractivity contribution in [3.63, 3.8) is 0 Å². The van der Waals surface area contributed by atoms with E-state index in [0.717, 1.165) is 23.0 Å². The number of amides is 1. The Morgan fingerprint density at radius 3 is 2.41 bits per heavy atom. The Bertz CT molecular complexity index is 819. The zero-order chi connectivity index (χ0) is 15.7. The van der Waals surface area contributed by atoms with Crippen molar-refractivity contribution in [2.45, 2.75) is 6.18 Å². The summed E-state index contributed by atoms with van der Waals surface area (Å²) in [6, 6.07) is 11.3. The lowest BCUT2D eigenvalue weighted by Crippen LogP contribution is -2.12. The number of rotatable bonds is 2. The number of aromatic amines is 1. The van der Waals surface area contributed by atoms with Crippen LogP contribution in [0.25, 0.3) is 10.9 Å². The van der Waals surface area contributed by atoms with Crippen LogP contribution < -0.4 is 5.32 Å². The Balaban J connectivity index is 1.78. The monoisotopic (exact) mass is 304 g/mol. The van der Waals surface area contributed by atoms with E-state index in [4.69, 9.17) is 0 Å². The highest BCUT2D eigenvalue weighted by atomic mass is 19.4. The fourth-order valence-electron chi connectivity index (χ4n) is 2.14. The molecule has 0 spiro atoms. The minimum absolute atomic E-state index is 0.312. The highest BCUT2D eigenvalue weighted by Crippen LogP contribution is 2.29. The molecule has 0 unspecified atom stereocenters. The molecule has 3 rings (SSSR count). The summed E-state index contributed by atoms with van der Waals surface area (Å²) in [4.78, 5) is 15.1. The lowest BCUT2D eigenvalue weighted by Gasteiger charge is -2.09. The summed E-state index contributed by atoms with van der Waals surface area (Å²) in [6.07, 6.45) is -2.62. The first-order chi connectivity index (χ1) is 10.4. The van der Waals surface area contributed by atoms with Crippen LogP contribution in [-0.4, -0.2) is 10.9 Å². The van der Waals surface area contributed by atoms with Crippen LogP contribution >= 0.6 is 0 Å². The van der Waals surface area contributed by atoms with Crippen molar-refractivity contribution in [1.29, 1.82) is 0 Å². The SMILES string of the molecule is O=C(Nc1ccc(C(F)(F)F)cc1)c1ccc2[nH]ccc2c1. The number of H-pyrrole nitrogens is 1. The summed E-state index contributed by atoms with van der Waals surface area (Å²) < 4.78 is 37.4. The molecule has 3 nitrogen and oxygen atoms in total. The molecule has 0 aliphatic heterocycles. The molecule has 0 saturated heterocycles. The van der Waals surface area contributed by atoms with Crippen molar-refractivity contribution >= 4 is 22.5 Å². The molecule has 0 radical (unpaired) electrons. The molecule has 0 saturated carbocycles. The number of anilines is 1. The smallest absolute Gasteiger partial charge is 0.361 e. The van der Waals surface area contributed by atoms with Crippen LogP contribution in [0.1, 0.15) is 15.9 Å². The van der Waals surface area contributed by atoms with Gasteiger partial charge in [-0.05, 0) is 48.5 Å². The van der Waals surface area contributed by atoms with Crippen LogP contribution in [0, 0.1) is 0 Å². The first kappa shape index (κ1) is 14.2. The number of aromatic nitrogens is 1. The number of carbonyl (C=O) groups excluding carboxylic acids is 1. The third kappa shape index (κ3) is 2.81. The Kier molecular flexibility index (Phi) is 3.36. The van der Waals surface area contributed by atoms with E-state index in [9.17, 15) is 18.0 Å². The molecule has 2 N–H and O–H groups in total. The number of nitrogens with one attached hydrogen (secondary N) is 2. The van der Waals surface area contributed by atoms with Gasteiger partial charge in [0.1, 0.15) is 0 Å². The topological polar surface area (TPSA) is 44.9 Å². The van der Waals surface area contributed by atoms with Gasteiger partial charge in [0.05, 0.1) is 5.56 Å². The number of benzene rings is 2. The van der Waals surface area contributed by atoms with Crippen molar-refractivity contribution in [2.24, 2.45) is 0 Å². The van der Waals surface area contributed by atoms with Crippen LogP contribution in [0.15, 0.2) is 54.7 Å². The first-order valence-corrected chi connectivity index (χ1v) is 6.49. The lowest BCUT2D eigenvalue weighted by atomic mass is 10.1. The average molecular weight is 304 g/mol. The summed E-state index contributed by atoms with van der Waals surface area (Å²) in [5.41, 5.74) is 0.907. The highest BCUT2D eigenvalue weighted by molar-refractivity contribution is 6.06. The molecule has 0 aliphatic carbocycles. The molecule has 112 valence electrons. The predicted octanol–water partition coefficient (Wildman–Crippen LogP) is 4.44. The van der Waals surface area contributed by atoms with Crippen molar-refractivity contribution < 1.29 is 18.0 Å². The summed E-state index contributed by atoms with van der Waals surface area (Å²) in [5.74, 6) is -0.372. The minimum atomic E-state index is -4.39. The van der Waals surface area contributed by atoms with E-state index in [1.54, 1.807) is 24.4 Å². The molecule has 0 bridgehead atoms. The first-order valence-electron chi connectivity index (χ1n) is 6.49. The largest absolute Gasteiger partial charge is 0.416 e. The van der Waals surface area contributed by atoms with Gasteiger partial charge in [-0.1, -0.05) is 0 Å². The second-order valence-electron chi connectivity index (χ2n) is 4.81. The van der Waals surface area contributed by atoms with E-state index in [1.165, 1.54) is 12.1 Å². The molecule has 22 heavy (non-hydrogen) atoms. The van der Waals surface area contributed by atoms with Crippen molar-refractivity contribution in [1.82, 2.24) is 4.98 Å². The Morgan fingerprint density at radius 1 is 1.00 bits per heavy atom. The number of hydrogen-bond acceptors (Lipinski definition) is 1. The maximum Gasteiger partial charge on any atom is 0.416 e. The van der Waals surface area contributed by atoms with E-state index in [2.05, 4.69) is 10.3 Å². The molecular weight excluding hydrogens is 293 g/mol. The van der Waals surface area contributed by atoms with Crippen LogP contribution in [0.5, 0.6) is 0 Å². The molecule has 6 heteroatoms.